The van der Waals surface area contributed by atoms with Gasteiger partial charge in [0.25, 0.3) is 11.5 Å². The number of rotatable bonds is 6. The molecule has 0 radical (unpaired) electrons. The first-order valence-corrected chi connectivity index (χ1v) is 13.7. The van der Waals surface area contributed by atoms with E-state index in [0.29, 0.717) is 24.8 Å². The molecule has 0 saturated carbocycles. The molecule has 2 amide bonds. The van der Waals surface area contributed by atoms with Crippen molar-refractivity contribution in [2.45, 2.75) is 64.8 Å². The second-order valence-electron chi connectivity index (χ2n) is 10.0. The van der Waals surface area contributed by atoms with Crippen molar-refractivity contribution in [3.63, 3.8) is 0 Å². The van der Waals surface area contributed by atoms with E-state index in [1.54, 1.807) is 20.8 Å². The fourth-order valence-corrected chi connectivity index (χ4v) is 4.41. The van der Waals surface area contributed by atoms with Crippen LogP contribution in [0, 0.1) is 5.82 Å². The SMILES string of the molecule is CN(C(=O)OC(C)(C)C)C1CCCCn2c1nc(C(=O)NCc1ccc(F)cc1N)c(OS(C)(=O)=O)c2=O. The van der Waals surface area contributed by atoms with Crippen LogP contribution in [0.4, 0.5) is 14.9 Å². The minimum absolute atomic E-state index is 0.0897. The molecule has 2 heterocycles. The van der Waals surface area contributed by atoms with Gasteiger partial charge >= 0.3 is 16.2 Å². The van der Waals surface area contributed by atoms with Crippen molar-refractivity contribution in [1.82, 2.24) is 19.8 Å². The van der Waals surface area contributed by atoms with E-state index in [2.05, 4.69) is 10.3 Å². The normalized spacial score (nSPS) is 15.7. The minimum atomic E-state index is -4.21. The first-order valence-electron chi connectivity index (χ1n) is 11.9. The number of nitrogens with zero attached hydrogens (tertiary/aromatic N) is 3. The van der Waals surface area contributed by atoms with Gasteiger partial charge in [-0.1, -0.05) is 6.07 Å². The van der Waals surface area contributed by atoms with E-state index in [9.17, 15) is 27.2 Å². The lowest BCUT2D eigenvalue weighted by Crippen LogP contribution is -2.40. The lowest BCUT2D eigenvalue weighted by molar-refractivity contribution is 0.0202. The third-order valence-electron chi connectivity index (χ3n) is 5.71. The number of ether oxygens (including phenoxy) is 1. The molecule has 0 aliphatic carbocycles. The first-order chi connectivity index (χ1) is 17.6. The van der Waals surface area contributed by atoms with Crippen LogP contribution in [-0.4, -0.2) is 53.8 Å². The molecule has 12 nitrogen and oxygen atoms in total. The molecule has 1 aliphatic rings. The number of nitrogens with two attached hydrogens (primary N) is 1. The van der Waals surface area contributed by atoms with Crippen LogP contribution in [0.5, 0.6) is 5.75 Å². The van der Waals surface area contributed by atoms with Gasteiger partial charge in [-0.15, -0.1) is 0 Å². The second kappa shape index (κ2) is 11.0. The lowest BCUT2D eigenvalue weighted by atomic mass is 10.1. The Kier molecular flexibility index (Phi) is 8.34. The number of hydrogen-bond donors (Lipinski definition) is 2. The largest absolute Gasteiger partial charge is 0.444 e. The molecule has 0 spiro atoms. The summed E-state index contributed by atoms with van der Waals surface area (Å²) in [4.78, 5) is 45.2. The average molecular weight is 554 g/mol. The number of anilines is 1. The van der Waals surface area contributed by atoms with Crippen LogP contribution >= 0.6 is 0 Å². The molecule has 2 aromatic rings. The number of halogens is 1. The Hall–Kier alpha value is -3.68. The molecule has 38 heavy (non-hydrogen) atoms. The number of amides is 2. The zero-order chi connectivity index (χ0) is 28.4. The topological polar surface area (TPSA) is 163 Å². The average Bonchev–Trinajstić information content (AvgIpc) is 3.00. The summed E-state index contributed by atoms with van der Waals surface area (Å²) >= 11 is 0. The van der Waals surface area contributed by atoms with Crippen molar-refractivity contribution in [2.75, 3.05) is 19.0 Å². The molecule has 0 bridgehead atoms. The number of carbonyl (C=O) groups excluding carboxylic acids is 2. The van der Waals surface area contributed by atoms with Crippen LogP contribution < -0.4 is 20.8 Å². The maximum Gasteiger partial charge on any atom is 0.410 e. The van der Waals surface area contributed by atoms with Crippen molar-refractivity contribution >= 4 is 27.8 Å². The number of hydrogen-bond acceptors (Lipinski definition) is 9. The number of aromatic nitrogens is 2. The molecule has 14 heteroatoms. The molecule has 1 aliphatic heterocycles. The van der Waals surface area contributed by atoms with Crippen molar-refractivity contribution in [3.05, 3.63) is 51.5 Å². The highest BCUT2D eigenvalue weighted by Crippen LogP contribution is 2.30. The predicted molar refractivity (Wildman–Crippen MR) is 137 cm³/mol. The number of nitrogens with one attached hydrogen (secondary N) is 1. The lowest BCUT2D eigenvalue weighted by Gasteiger charge is -2.30. The molecule has 0 fully saturated rings. The summed E-state index contributed by atoms with van der Waals surface area (Å²) < 4.78 is 48.9. The fraction of sp³-hybridized carbons (Fsp3) is 0.500. The van der Waals surface area contributed by atoms with E-state index in [1.165, 1.54) is 28.6 Å². The summed E-state index contributed by atoms with van der Waals surface area (Å²) in [6.45, 7) is 5.16. The van der Waals surface area contributed by atoms with Gasteiger partial charge in [-0.2, -0.15) is 8.42 Å². The Balaban J connectivity index is 2.08. The van der Waals surface area contributed by atoms with Crippen LogP contribution in [0.2, 0.25) is 0 Å². The standard InChI is InChI=1S/C24H32FN5O7S/c1-24(2,3)36-23(33)29(4)17-8-6-7-11-30-20(17)28-18(19(22(30)32)37-38(5,34)35)21(31)27-13-14-9-10-15(25)12-16(14)26/h9-10,12,17H,6-8,11,13,26H2,1-5H3,(H,27,31). The zero-order valence-electron chi connectivity index (χ0n) is 21.9. The predicted octanol–water partition coefficient (Wildman–Crippen LogP) is 2.32. The highest BCUT2D eigenvalue weighted by atomic mass is 32.2. The summed E-state index contributed by atoms with van der Waals surface area (Å²) in [7, 11) is -2.71. The third kappa shape index (κ3) is 7.00. The molecule has 0 saturated heterocycles. The van der Waals surface area contributed by atoms with Crippen LogP contribution in [0.1, 0.15) is 68.0 Å². The molecule has 1 aromatic heterocycles. The molecule has 1 unspecified atom stereocenters. The van der Waals surface area contributed by atoms with E-state index >= 15 is 0 Å². The first kappa shape index (κ1) is 28.9. The second-order valence-corrected chi connectivity index (χ2v) is 11.6. The summed E-state index contributed by atoms with van der Waals surface area (Å²) in [6, 6.07) is 2.89. The summed E-state index contributed by atoms with van der Waals surface area (Å²) in [5, 5.41) is 2.52. The minimum Gasteiger partial charge on any atom is -0.444 e. The quantitative estimate of drug-likeness (QED) is 0.404. The summed E-state index contributed by atoms with van der Waals surface area (Å²) in [6.07, 6.45) is 1.67. The number of carbonyl (C=O) groups is 2. The van der Waals surface area contributed by atoms with Gasteiger partial charge in [0.05, 0.1) is 12.3 Å². The Morgan fingerprint density at radius 1 is 1.29 bits per heavy atom. The van der Waals surface area contributed by atoms with Gasteiger partial charge < -0.3 is 24.9 Å². The number of benzene rings is 1. The van der Waals surface area contributed by atoms with E-state index in [1.807, 2.05) is 0 Å². The van der Waals surface area contributed by atoms with Gasteiger partial charge in [0.2, 0.25) is 5.75 Å². The van der Waals surface area contributed by atoms with Gasteiger partial charge in [0.15, 0.2) is 5.69 Å². The molecule has 3 rings (SSSR count). The molecule has 3 N–H and O–H groups in total. The van der Waals surface area contributed by atoms with Crippen molar-refractivity contribution < 1.29 is 31.3 Å². The summed E-state index contributed by atoms with van der Waals surface area (Å²) in [5.41, 5.74) is 4.06. The van der Waals surface area contributed by atoms with E-state index < -0.39 is 56.6 Å². The number of nitrogen functional groups attached to an aromatic ring is 1. The fourth-order valence-electron chi connectivity index (χ4n) is 3.96. The summed E-state index contributed by atoms with van der Waals surface area (Å²) in [5.74, 6) is -2.15. The van der Waals surface area contributed by atoms with Gasteiger partial charge in [0, 0.05) is 25.8 Å². The van der Waals surface area contributed by atoms with Crippen LogP contribution in [-0.2, 0) is 27.9 Å². The Bertz CT molecular complexity index is 1400. The Labute approximate surface area is 220 Å². The van der Waals surface area contributed by atoms with Gasteiger partial charge in [-0.05, 0) is 57.7 Å². The van der Waals surface area contributed by atoms with Gasteiger partial charge in [0.1, 0.15) is 17.2 Å². The highest BCUT2D eigenvalue weighted by molar-refractivity contribution is 7.86. The molecular formula is C24H32FN5O7S. The van der Waals surface area contributed by atoms with Crippen LogP contribution in [0.25, 0.3) is 0 Å². The Morgan fingerprint density at radius 3 is 2.58 bits per heavy atom. The van der Waals surface area contributed by atoms with E-state index in [4.69, 9.17) is 14.7 Å². The van der Waals surface area contributed by atoms with Crippen molar-refractivity contribution in [1.29, 1.82) is 0 Å². The molecule has 208 valence electrons. The Morgan fingerprint density at radius 2 is 1.97 bits per heavy atom. The monoisotopic (exact) mass is 553 g/mol. The van der Waals surface area contributed by atoms with Gasteiger partial charge in [-0.25, -0.2) is 14.2 Å². The zero-order valence-corrected chi connectivity index (χ0v) is 22.7. The molecular weight excluding hydrogens is 521 g/mol. The smallest absolute Gasteiger partial charge is 0.410 e. The van der Waals surface area contributed by atoms with Crippen LogP contribution in [0.3, 0.4) is 0 Å². The number of fused-ring (bicyclic) bond motifs is 1. The maximum absolute atomic E-state index is 13.5. The van der Waals surface area contributed by atoms with E-state index in [-0.39, 0.29) is 24.6 Å². The van der Waals surface area contributed by atoms with Crippen molar-refractivity contribution in [3.8, 4) is 5.75 Å². The third-order valence-corrected chi connectivity index (χ3v) is 6.18. The highest BCUT2D eigenvalue weighted by Gasteiger charge is 2.34. The van der Waals surface area contributed by atoms with Gasteiger partial charge in [-0.3, -0.25) is 14.2 Å². The maximum atomic E-state index is 13.5. The molecule has 1 atom stereocenters. The van der Waals surface area contributed by atoms with E-state index in [0.717, 1.165) is 12.3 Å². The molecule has 1 aromatic carbocycles. The van der Waals surface area contributed by atoms with Crippen molar-refractivity contribution in [2.24, 2.45) is 0 Å². The van der Waals surface area contributed by atoms with Crippen LogP contribution in [0.15, 0.2) is 23.0 Å².